The average molecular weight is 488 g/mol. The number of anilines is 1. The van der Waals surface area contributed by atoms with Crippen molar-refractivity contribution in [3.8, 4) is 6.07 Å². The third-order valence-electron chi connectivity index (χ3n) is 8.82. The summed E-state index contributed by atoms with van der Waals surface area (Å²) in [6, 6.07) is 10.4. The van der Waals surface area contributed by atoms with E-state index in [1.165, 1.54) is 12.1 Å². The van der Waals surface area contributed by atoms with E-state index in [4.69, 9.17) is 0 Å². The van der Waals surface area contributed by atoms with E-state index >= 15 is 0 Å². The summed E-state index contributed by atoms with van der Waals surface area (Å²) in [5.41, 5.74) is 2.09. The number of piperidine rings is 1. The van der Waals surface area contributed by atoms with E-state index in [-0.39, 0.29) is 11.8 Å². The molecule has 0 radical (unpaired) electrons. The van der Waals surface area contributed by atoms with Gasteiger partial charge in [0.05, 0.1) is 34.3 Å². The summed E-state index contributed by atoms with van der Waals surface area (Å²) < 4.78 is 13.5. The van der Waals surface area contributed by atoms with Gasteiger partial charge in [0.1, 0.15) is 11.9 Å². The first-order chi connectivity index (χ1) is 17.5. The number of carbonyl (C=O) groups is 2. The van der Waals surface area contributed by atoms with Gasteiger partial charge in [-0.15, -0.1) is 0 Å². The molecule has 2 aliphatic carbocycles. The van der Waals surface area contributed by atoms with Crippen molar-refractivity contribution in [2.24, 2.45) is 16.7 Å². The Morgan fingerprint density at radius 2 is 1.86 bits per heavy atom. The molecule has 0 spiro atoms. The van der Waals surface area contributed by atoms with Gasteiger partial charge in [-0.25, -0.2) is 4.39 Å². The van der Waals surface area contributed by atoms with Crippen molar-refractivity contribution in [2.45, 2.75) is 51.6 Å². The van der Waals surface area contributed by atoms with Crippen LogP contribution < -0.4 is 10.2 Å². The normalized spacial score (nSPS) is 21.4. The SMILES string of the molecule is N#Cc1cc(F)ccc1N1CCC(CNC(=O)C2(C3(C(=O)N4Cc5cccnc5C4)CC3)CC2)CC1. The topological polar surface area (TPSA) is 89.3 Å². The number of benzene rings is 1. The molecule has 1 aromatic heterocycles. The zero-order valence-electron chi connectivity index (χ0n) is 20.3. The van der Waals surface area contributed by atoms with Gasteiger partial charge in [0, 0.05) is 32.4 Å². The number of pyridine rings is 1. The van der Waals surface area contributed by atoms with Gasteiger partial charge in [0.2, 0.25) is 11.8 Å². The molecular formula is C28H30FN5O2. The lowest BCUT2D eigenvalue weighted by Gasteiger charge is -2.35. The first kappa shape index (κ1) is 23.0. The summed E-state index contributed by atoms with van der Waals surface area (Å²) in [6.07, 6.45) is 6.68. The van der Waals surface area contributed by atoms with Crippen LogP contribution in [0.25, 0.3) is 0 Å². The van der Waals surface area contributed by atoms with Crippen molar-refractivity contribution in [2.75, 3.05) is 24.5 Å². The van der Waals surface area contributed by atoms with E-state index < -0.39 is 16.6 Å². The van der Waals surface area contributed by atoms with E-state index in [9.17, 15) is 19.2 Å². The fourth-order valence-corrected chi connectivity index (χ4v) is 6.37. The number of nitrogens with zero attached hydrogens (tertiary/aromatic N) is 4. The Labute approximate surface area is 210 Å². The van der Waals surface area contributed by atoms with E-state index in [0.29, 0.717) is 31.1 Å². The predicted molar refractivity (Wildman–Crippen MR) is 131 cm³/mol. The smallest absolute Gasteiger partial charge is 0.230 e. The lowest BCUT2D eigenvalue weighted by molar-refractivity contribution is -0.146. The van der Waals surface area contributed by atoms with Gasteiger partial charge in [-0.05, 0) is 74.3 Å². The van der Waals surface area contributed by atoms with Gasteiger partial charge in [0.15, 0.2) is 0 Å². The Balaban J connectivity index is 1.05. The second kappa shape index (κ2) is 8.58. The van der Waals surface area contributed by atoms with Crippen LogP contribution in [0.15, 0.2) is 36.5 Å². The molecule has 1 N–H and O–H groups in total. The summed E-state index contributed by atoms with van der Waals surface area (Å²) in [5, 5.41) is 12.6. The van der Waals surface area contributed by atoms with Crippen LogP contribution in [-0.4, -0.2) is 41.3 Å². The van der Waals surface area contributed by atoms with Crippen LogP contribution in [0.4, 0.5) is 10.1 Å². The number of nitrogens with one attached hydrogen (secondary N) is 1. The summed E-state index contributed by atoms with van der Waals surface area (Å²) in [6.45, 7) is 3.25. The Bertz CT molecular complexity index is 1230. The van der Waals surface area contributed by atoms with E-state index in [0.717, 1.165) is 68.6 Å². The number of fused-ring (bicyclic) bond motifs is 1. The molecule has 186 valence electrons. The third kappa shape index (κ3) is 3.73. The van der Waals surface area contributed by atoms with Crippen LogP contribution in [0.5, 0.6) is 0 Å². The van der Waals surface area contributed by atoms with Crippen LogP contribution in [0.1, 0.15) is 55.3 Å². The van der Waals surface area contributed by atoms with Crippen LogP contribution in [-0.2, 0) is 22.7 Å². The molecule has 0 unspecified atom stereocenters. The minimum absolute atomic E-state index is 0.0379. The van der Waals surface area contributed by atoms with E-state index in [1.54, 1.807) is 12.3 Å². The summed E-state index contributed by atoms with van der Waals surface area (Å²) in [5.74, 6) is 0.0988. The van der Waals surface area contributed by atoms with Crippen molar-refractivity contribution >= 4 is 17.5 Å². The molecule has 1 aromatic carbocycles. The molecule has 8 heteroatoms. The molecule has 2 aliphatic heterocycles. The van der Waals surface area contributed by atoms with Crippen molar-refractivity contribution < 1.29 is 14.0 Å². The largest absolute Gasteiger partial charge is 0.370 e. The Hall–Kier alpha value is -3.47. The zero-order valence-corrected chi connectivity index (χ0v) is 20.3. The highest BCUT2D eigenvalue weighted by atomic mass is 19.1. The monoisotopic (exact) mass is 487 g/mol. The molecule has 6 rings (SSSR count). The number of carbonyl (C=O) groups excluding carboxylic acids is 2. The third-order valence-corrected chi connectivity index (χ3v) is 8.82. The van der Waals surface area contributed by atoms with Crippen LogP contribution in [0, 0.1) is 33.9 Å². The lowest BCUT2D eigenvalue weighted by Crippen LogP contribution is -2.47. The molecule has 3 heterocycles. The Kier molecular flexibility index (Phi) is 5.47. The van der Waals surface area contributed by atoms with Crippen molar-refractivity contribution in [1.29, 1.82) is 5.26 Å². The second-order valence-electron chi connectivity index (χ2n) is 10.8. The van der Waals surface area contributed by atoms with Crippen LogP contribution in [0.3, 0.4) is 0 Å². The van der Waals surface area contributed by atoms with Gasteiger partial charge in [-0.2, -0.15) is 5.26 Å². The van der Waals surface area contributed by atoms with Gasteiger partial charge in [-0.3, -0.25) is 14.6 Å². The molecule has 2 aromatic rings. The highest BCUT2D eigenvalue weighted by molar-refractivity contribution is 5.97. The summed E-state index contributed by atoms with van der Waals surface area (Å²) in [7, 11) is 0. The zero-order chi connectivity index (χ0) is 24.9. The maximum absolute atomic E-state index is 13.6. The van der Waals surface area contributed by atoms with Gasteiger partial charge in [-0.1, -0.05) is 6.07 Å². The molecule has 2 saturated carbocycles. The number of hydrogen-bond donors (Lipinski definition) is 1. The molecule has 4 aliphatic rings. The second-order valence-corrected chi connectivity index (χ2v) is 10.8. The molecular weight excluding hydrogens is 457 g/mol. The maximum Gasteiger partial charge on any atom is 0.230 e. The molecule has 1 saturated heterocycles. The van der Waals surface area contributed by atoms with E-state index in [2.05, 4.69) is 21.3 Å². The Morgan fingerprint density at radius 3 is 2.53 bits per heavy atom. The predicted octanol–water partition coefficient (Wildman–Crippen LogP) is 3.53. The molecule has 0 atom stereocenters. The van der Waals surface area contributed by atoms with Gasteiger partial charge in [0.25, 0.3) is 0 Å². The lowest BCUT2D eigenvalue weighted by atomic mass is 9.83. The van der Waals surface area contributed by atoms with Gasteiger partial charge < -0.3 is 15.1 Å². The standard InChI is InChI=1S/C28H30FN5O2/c29-22-3-4-24(21(14-22)15-30)33-12-5-19(6-13-33)16-32-25(35)27(7-8-27)28(9-10-28)26(36)34-17-20-2-1-11-31-23(20)18-34/h1-4,11,14,19H,5-10,12-13,16-18H2,(H,32,35). The van der Waals surface area contributed by atoms with E-state index in [1.807, 2.05) is 17.0 Å². The number of amides is 2. The highest BCUT2D eigenvalue weighted by Crippen LogP contribution is 2.71. The number of aromatic nitrogens is 1. The van der Waals surface area contributed by atoms with Crippen LogP contribution in [0.2, 0.25) is 0 Å². The van der Waals surface area contributed by atoms with Gasteiger partial charge >= 0.3 is 0 Å². The van der Waals surface area contributed by atoms with Crippen molar-refractivity contribution in [3.05, 3.63) is 59.2 Å². The number of halogens is 1. The fourth-order valence-electron chi connectivity index (χ4n) is 6.37. The quantitative estimate of drug-likeness (QED) is 0.674. The molecule has 3 fully saturated rings. The first-order valence-electron chi connectivity index (χ1n) is 12.9. The number of rotatable bonds is 6. The number of hydrogen-bond acceptors (Lipinski definition) is 5. The fraction of sp³-hybridized carbons (Fsp3) is 0.500. The average Bonchev–Trinajstić information content (AvgIpc) is 3.83. The Morgan fingerprint density at radius 1 is 1.11 bits per heavy atom. The minimum atomic E-state index is -0.553. The molecule has 0 bridgehead atoms. The molecule has 7 nitrogen and oxygen atoms in total. The van der Waals surface area contributed by atoms with Crippen molar-refractivity contribution in [3.63, 3.8) is 0 Å². The minimum Gasteiger partial charge on any atom is -0.370 e. The first-order valence-corrected chi connectivity index (χ1v) is 12.9. The summed E-state index contributed by atoms with van der Waals surface area (Å²) >= 11 is 0. The summed E-state index contributed by atoms with van der Waals surface area (Å²) in [4.78, 5) is 35.5. The van der Waals surface area contributed by atoms with Crippen molar-refractivity contribution in [1.82, 2.24) is 15.2 Å². The van der Waals surface area contributed by atoms with Crippen LogP contribution >= 0.6 is 0 Å². The number of nitriles is 1. The highest BCUT2D eigenvalue weighted by Gasteiger charge is 2.73. The molecule has 2 amide bonds. The maximum atomic E-state index is 13.6. The molecule has 36 heavy (non-hydrogen) atoms.